The first-order valence-corrected chi connectivity index (χ1v) is 6.14. The van der Waals surface area contributed by atoms with Crippen LogP contribution in [0.5, 0.6) is 0 Å². The van der Waals surface area contributed by atoms with Gasteiger partial charge in [0, 0.05) is 5.02 Å². The van der Waals surface area contributed by atoms with Crippen LogP contribution in [0.25, 0.3) is 11.3 Å². The number of hydrogen-bond donors (Lipinski definition) is 1. The summed E-state index contributed by atoms with van der Waals surface area (Å²) < 4.78 is 19.2. The highest BCUT2D eigenvalue weighted by Gasteiger charge is 2.15. The molecule has 1 N–H and O–H groups in total. The summed E-state index contributed by atoms with van der Waals surface area (Å²) in [5.41, 5.74) is 0.324. The number of hydrogen-bond acceptors (Lipinski definition) is 3. The largest absolute Gasteiger partial charge is 0.439 e. The molecule has 0 bridgehead atoms. The summed E-state index contributed by atoms with van der Waals surface area (Å²) in [4.78, 5) is 4.14. The second-order valence-electron chi connectivity index (χ2n) is 3.97. The maximum absolute atomic E-state index is 13.7. The second-order valence-corrected chi connectivity index (χ2v) is 4.40. The monoisotopic (exact) mass is 268 g/mol. The van der Waals surface area contributed by atoms with E-state index in [0.29, 0.717) is 22.2 Å². The Morgan fingerprint density at radius 1 is 1.50 bits per heavy atom. The van der Waals surface area contributed by atoms with Crippen molar-refractivity contribution in [2.75, 3.05) is 6.54 Å². The highest BCUT2D eigenvalue weighted by atomic mass is 35.5. The number of nitrogens with one attached hydrogen (secondary N) is 1. The van der Waals surface area contributed by atoms with E-state index in [9.17, 15) is 4.39 Å². The van der Waals surface area contributed by atoms with E-state index < -0.39 is 0 Å². The average molecular weight is 269 g/mol. The average Bonchev–Trinajstić information content (AvgIpc) is 2.82. The van der Waals surface area contributed by atoms with Gasteiger partial charge < -0.3 is 9.73 Å². The molecule has 0 amide bonds. The molecule has 0 radical (unpaired) electrons. The van der Waals surface area contributed by atoms with Crippen molar-refractivity contribution >= 4 is 11.6 Å². The van der Waals surface area contributed by atoms with Crippen LogP contribution in [0.1, 0.15) is 25.8 Å². The maximum atomic E-state index is 13.7. The Labute approximate surface area is 110 Å². The van der Waals surface area contributed by atoms with Gasteiger partial charge in [-0.3, -0.25) is 0 Å². The first kappa shape index (κ1) is 13.1. The zero-order valence-electron chi connectivity index (χ0n) is 10.2. The van der Waals surface area contributed by atoms with Crippen molar-refractivity contribution in [2.24, 2.45) is 0 Å². The molecule has 3 nitrogen and oxygen atoms in total. The Morgan fingerprint density at radius 3 is 3.00 bits per heavy atom. The summed E-state index contributed by atoms with van der Waals surface area (Å²) in [6, 6.07) is 4.33. The molecule has 0 aliphatic rings. The van der Waals surface area contributed by atoms with E-state index in [4.69, 9.17) is 16.0 Å². The fourth-order valence-corrected chi connectivity index (χ4v) is 1.86. The summed E-state index contributed by atoms with van der Waals surface area (Å²) in [6.45, 7) is 4.74. The third-order valence-corrected chi connectivity index (χ3v) is 2.83. The van der Waals surface area contributed by atoms with Crippen LogP contribution in [0.2, 0.25) is 5.02 Å². The number of nitrogens with zero attached hydrogens (tertiary/aromatic N) is 1. The fourth-order valence-electron chi connectivity index (χ4n) is 1.69. The van der Waals surface area contributed by atoms with Crippen LogP contribution in [0.4, 0.5) is 4.39 Å². The van der Waals surface area contributed by atoms with E-state index in [1.165, 1.54) is 24.4 Å². The predicted molar refractivity (Wildman–Crippen MR) is 69.0 cm³/mol. The molecule has 5 heteroatoms. The molecule has 0 aliphatic heterocycles. The smallest absolute Gasteiger partial charge is 0.211 e. The molecule has 1 aromatic carbocycles. The standard InChI is InChI=1S/C13H14ClFN2O/c1-3-16-8(2)13-17-7-12(18-13)10-6-9(14)4-5-11(10)15/h4-8,16H,3H2,1-2H3. The lowest BCUT2D eigenvalue weighted by Crippen LogP contribution is -2.17. The zero-order valence-corrected chi connectivity index (χ0v) is 11.0. The first-order chi connectivity index (χ1) is 8.61. The van der Waals surface area contributed by atoms with Crippen LogP contribution in [0.15, 0.2) is 28.8 Å². The molecule has 1 unspecified atom stereocenters. The molecule has 0 saturated heterocycles. The van der Waals surface area contributed by atoms with Gasteiger partial charge in [0.15, 0.2) is 5.76 Å². The number of benzene rings is 1. The lowest BCUT2D eigenvalue weighted by Gasteiger charge is -2.07. The van der Waals surface area contributed by atoms with Gasteiger partial charge in [0.1, 0.15) is 5.82 Å². The van der Waals surface area contributed by atoms with Gasteiger partial charge in [-0.1, -0.05) is 18.5 Å². The van der Waals surface area contributed by atoms with E-state index >= 15 is 0 Å². The van der Waals surface area contributed by atoms with Crippen LogP contribution < -0.4 is 5.32 Å². The van der Waals surface area contributed by atoms with E-state index in [0.717, 1.165) is 6.54 Å². The van der Waals surface area contributed by atoms with Crippen molar-refractivity contribution in [1.29, 1.82) is 0 Å². The van der Waals surface area contributed by atoms with Crippen molar-refractivity contribution in [3.63, 3.8) is 0 Å². The van der Waals surface area contributed by atoms with Crippen LogP contribution in [-0.4, -0.2) is 11.5 Å². The quantitative estimate of drug-likeness (QED) is 0.916. The summed E-state index contributed by atoms with van der Waals surface area (Å²) in [5, 5.41) is 3.64. The molecular weight excluding hydrogens is 255 g/mol. The molecule has 18 heavy (non-hydrogen) atoms. The molecule has 2 aromatic rings. The molecule has 1 heterocycles. The highest BCUT2D eigenvalue weighted by Crippen LogP contribution is 2.27. The Kier molecular flexibility index (Phi) is 3.99. The van der Waals surface area contributed by atoms with Crippen molar-refractivity contribution in [2.45, 2.75) is 19.9 Å². The van der Waals surface area contributed by atoms with Crippen LogP contribution in [0.3, 0.4) is 0 Å². The highest BCUT2D eigenvalue weighted by molar-refractivity contribution is 6.30. The first-order valence-electron chi connectivity index (χ1n) is 5.76. The number of aromatic nitrogens is 1. The Balaban J connectivity index is 2.32. The minimum atomic E-state index is -0.377. The molecule has 0 spiro atoms. The lowest BCUT2D eigenvalue weighted by molar-refractivity contribution is 0.427. The molecule has 0 fully saturated rings. The van der Waals surface area contributed by atoms with Gasteiger partial charge in [-0.25, -0.2) is 9.37 Å². The van der Waals surface area contributed by atoms with Crippen LogP contribution in [0, 0.1) is 5.82 Å². The number of rotatable bonds is 4. The second kappa shape index (κ2) is 5.50. The molecule has 1 atom stereocenters. The zero-order chi connectivity index (χ0) is 13.1. The predicted octanol–water partition coefficient (Wildman–Crippen LogP) is 3.80. The van der Waals surface area contributed by atoms with Gasteiger partial charge in [-0.2, -0.15) is 0 Å². The van der Waals surface area contributed by atoms with Gasteiger partial charge >= 0.3 is 0 Å². The number of oxazole rings is 1. The van der Waals surface area contributed by atoms with Gasteiger partial charge in [0.25, 0.3) is 0 Å². The Hall–Kier alpha value is -1.39. The van der Waals surface area contributed by atoms with Crippen molar-refractivity contribution in [3.05, 3.63) is 41.1 Å². The van der Waals surface area contributed by atoms with E-state index in [1.807, 2.05) is 13.8 Å². The Bertz CT molecular complexity index is 542. The summed E-state index contributed by atoms with van der Waals surface area (Å²) in [7, 11) is 0. The molecule has 96 valence electrons. The summed E-state index contributed by atoms with van der Waals surface area (Å²) >= 11 is 5.84. The lowest BCUT2D eigenvalue weighted by atomic mass is 10.2. The topological polar surface area (TPSA) is 38.1 Å². The minimum absolute atomic E-state index is 0.00834. The van der Waals surface area contributed by atoms with Crippen LogP contribution in [-0.2, 0) is 0 Å². The SMILES string of the molecule is CCNC(C)c1ncc(-c2cc(Cl)ccc2F)o1. The van der Waals surface area contributed by atoms with E-state index in [2.05, 4.69) is 10.3 Å². The molecular formula is C13H14ClFN2O. The molecule has 0 saturated carbocycles. The molecule has 1 aromatic heterocycles. The third-order valence-electron chi connectivity index (χ3n) is 2.60. The number of halogens is 2. The fraction of sp³-hybridized carbons (Fsp3) is 0.308. The van der Waals surface area contributed by atoms with Crippen molar-refractivity contribution in [3.8, 4) is 11.3 Å². The normalized spacial score (nSPS) is 12.7. The minimum Gasteiger partial charge on any atom is -0.439 e. The van der Waals surface area contributed by atoms with E-state index in [1.54, 1.807) is 0 Å². The summed E-state index contributed by atoms with van der Waals surface area (Å²) in [6.07, 6.45) is 1.51. The van der Waals surface area contributed by atoms with Crippen molar-refractivity contribution in [1.82, 2.24) is 10.3 Å². The maximum Gasteiger partial charge on any atom is 0.211 e. The molecule has 0 aliphatic carbocycles. The van der Waals surface area contributed by atoms with Gasteiger partial charge in [-0.05, 0) is 31.7 Å². The molecule has 2 rings (SSSR count). The van der Waals surface area contributed by atoms with Crippen molar-refractivity contribution < 1.29 is 8.81 Å². The van der Waals surface area contributed by atoms with Gasteiger partial charge in [0.2, 0.25) is 5.89 Å². The van der Waals surface area contributed by atoms with Crippen LogP contribution >= 0.6 is 11.6 Å². The Morgan fingerprint density at radius 2 is 2.28 bits per heavy atom. The third kappa shape index (κ3) is 2.71. The van der Waals surface area contributed by atoms with Gasteiger partial charge in [0.05, 0.1) is 17.8 Å². The van der Waals surface area contributed by atoms with Gasteiger partial charge in [-0.15, -0.1) is 0 Å². The van der Waals surface area contributed by atoms with E-state index in [-0.39, 0.29) is 11.9 Å². The summed E-state index contributed by atoms with van der Waals surface area (Å²) in [5.74, 6) is 0.541.